The zero-order chi connectivity index (χ0) is 15.7. The van der Waals surface area contributed by atoms with Crippen LogP contribution in [0.1, 0.15) is 12.1 Å². The molecule has 0 unspecified atom stereocenters. The van der Waals surface area contributed by atoms with Crippen molar-refractivity contribution in [1.82, 2.24) is 9.88 Å². The number of halogens is 1. The van der Waals surface area contributed by atoms with Gasteiger partial charge in [-0.15, -0.1) is 0 Å². The van der Waals surface area contributed by atoms with Crippen molar-refractivity contribution in [2.75, 3.05) is 19.7 Å². The summed E-state index contributed by atoms with van der Waals surface area (Å²) in [6.07, 6.45) is 0.213. The molecule has 5 nitrogen and oxygen atoms in total. The summed E-state index contributed by atoms with van der Waals surface area (Å²) in [6.45, 7) is 1.84. The molecule has 2 atom stereocenters. The second-order valence-corrected chi connectivity index (χ2v) is 6.26. The summed E-state index contributed by atoms with van der Waals surface area (Å²) in [5.74, 6) is -0.0543. The Kier molecular flexibility index (Phi) is 4.49. The molecular formula is C16H19ClN2O3. The molecule has 0 aliphatic carbocycles. The third-order valence-electron chi connectivity index (χ3n) is 4.30. The lowest BCUT2D eigenvalue weighted by Crippen LogP contribution is -2.44. The van der Waals surface area contributed by atoms with Crippen molar-refractivity contribution in [2.24, 2.45) is 5.92 Å². The zero-order valence-electron chi connectivity index (χ0n) is 12.1. The van der Waals surface area contributed by atoms with Gasteiger partial charge in [-0.2, -0.15) is 0 Å². The van der Waals surface area contributed by atoms with Crippen molar-refractivity contribution in [3.05, 3.63) is 45.2 Å². The molecule has 3 rings (SSSR count). The highest BCUT2D eigenvalue weighted by Gasteiger charge is 2.27. The number of rotatable bonds is 3. The number of hydrogen-bond donors (Lipinski definition) is 3. The fourth-order valence-corrected chi connectivity index (χ4v) is 3.24. The first kappa shape index (κ1) is 15.5. The van der Waals surface area contributed by atoms with Crippen LogP contribution in [0.15, 0.2) is 29.1 Å². The van der Waals surface area contributed by atoms with Crippen LogP contribution in [0.5, 0.6) is 0 Å². The summed E-state index contributed by atoms with van der Waals surface area (Å²) in [5, 5.41) is 20.3. The van der Waals surface area contributed by atoms with E-state index in [1.165, 1.54) is 0 Å². The SMILES string of the molecule is O=c1cc(CN2CC[C@@H](CO)[C@H](O)C2)[nH]c2c(Cl)cccc12. The Labute approximate surface area is 133 Å². The van der Waals surface area contributed by atoms with Crippen LogP contribution in [-0.4, -0.2) is 45.9 Å². The van der Waals surface area contributed by atoms with Crippen LogP contribution in [0.3, 0.4) is 0 Å². The van der Waals surface area contributed by atoms with E-state index < -0.39 is 6.10 Å². The van der Waals surface area contributed by atoms with Crippen LogP contribution in [-0.2, 0) is 6.54 Å². The van der Waals surface area contributed by atoms with Crippen LogP contribution < -0.4 is 5.43 Å². The Hall–Kier alpha value is -1.40. The average Bonchev–Trinajstić information content (AvgIpc) is 2.49. The van der Waals surface area contributed by atoms with Gasteiger partial charge in [0.05, 0.1) is 16.6 Å². The lowest BCUT2D eigenvalue weighted by atomic mass is 9.95. The fourth-order valence-electron chi connectivity index (χ4n) is 3.02. The second-order valence-electron chi connectivity index (χ2n) is 5.86. The number of para-hydroxylation sites is 1. The van der Waals surface area contributed by atoms with Gasteiger partial charge in [0.15, 0.2) is 5.43 Å². The molecule has 1 aliphatic rings. The van der Waals surface area contributed by atoms with Gasteiger partial charge >= 0.3 is 0 Å². The molecular weight excluding hydrogens is 304 g/mol. The van der Waals surface area contributed by atoms with Gasteiger partial charge in [-0.1, -0.05) is 17.7 Å². The number of nitrogens with zero attached hydrogens (tertiary/aromatic N) is 1. The number of aromatic amines is 1. The molecule has 1 aliphatic heterocycles. The fraction of sp³-hybridized carbons (Fsp3) is 0.438. The first-order chi connectivity index (χ1) is 10.6. The molecule has 1 aromatic carbocycles. The summed E-state index contributed by atoms with van der Waals surface area (Å²) in [5.41, 5.74) is 1.37. The predicted octanol–water partition coefficient (Wildman–Crippen LogP) is 1.36. The van der Waals surface area contributed by atoms with Gasteiger partial charge in [-0.25, -0.2) is 0 Å². The van der Waals surface area contributed by atoms with Crippen molar-refractivity contribution >= 4 is 22.5 Å². The molecule has 0 amide bonds. The monoisotopic (exact) mass is 322 g/mol. The normalized spacial score (nSPS) is 23.0. The maximum atomic E-state index is 12.2. The summed E-state index contributed by atoms with van der Waals surface area (Å²) in [4.78, 5) is 17.5. The maximum absolute atomic E-state index is 12.2. The molecule has 3 N–H and O–H groups in total. The van der Waals surface area contributed by atoms with E-state index in [0.717, 1.165) is 18.7 Å². The summed E-state index contributed by atoms with van der Waals surface area (Å²) in [7, 11) is 0. The number of nitrogens with one attached hydrogen (secondary N) is 1. The molecule has 118 valence electrons. The number of pyridine rings is 1. The quantitative estimate of drug-likeness (QED) is 0.797. The Balaban J connectivity index is 1.83. The highest BCUT2D eigenvalue weighted by atomic mass is 35.5. The summed E-state index contributed by atoms with van der Waals surface area (Å²) >= 11 is 6.15. The minimum absolute atomic E-state index is 0.0113. The van der Waals surface area contributed by atoms with E-state index >= 15 is 0 Å². The molecule has 0 radical (unpaired) electrons. The van der Waals surface area contributed by atoms with Gasteiger partial charge < -0.3 is 15.2 Å². The predicted molar refractivity (Wildman–Crippen MR) is 86.1 cm³/mol. The number of aliphatic hydroxyl groups is 2. The van der Waals surface area contributed by atoms with Crippen LogP contribution >= 0.6 is 11.6 Å². The molecule has 6 heteroatoms. The topological polar surface area (TPSA) is 76.6 Å². The summed E-state index contributed by atoms with van der Waals surface area (Å²) in [6, 6.07) is 6.85. The van der Waals surface area contributed by atoms with Crippen LogP contribution in [0.2, 0.25) is 5.02 Å². The average molecular weight is 323 g/mol. The number of benzene rings is 1. The van der Waals surface area contributed by atoms with Gasteiger partial charge in [0, 0.05) is 42.8 Å². The zero-order valence-corrected chi connectivity index (χ0v) is 12.9. The highest BCUT2D eigenvalue weighted by Crippen LogP contribution is 2.21. The number of aliphatic hydroxyl groups excluding tert-OH is 2. The Morgan fingerprint density at radius 2 is 2.23 bits per heavy atom. The maximum Gasteiger partial charge on any atom is 0.189 e. The first-order valence-electron chi connectivity index (χ1n) is 7.40. The molecule has 0 saturated carbocycles. The van der Waals surface area contributed by atoms with E-state index in [2.05, 4.69) is 9.88 Å². The van der Waals surface area contributed by atoms with E-state index in [9.17, 15) is 15.0 Å². The van der Waals surface area contributed by atoms with Crippen LogP contribution in [0.25, 0.3) is 10.9 Å². The van der Waals surface area contributed by atoms with Crippen molar-refractivity contribution in [1.29, 1.82) is 0 Å². The van der Waals surface area contributed by atoms with Crippen molar-refractivity contribution in [3.63, 3.8) is 0 Å². The summed E-state index contributed by atoms with van der Waals surface area (Å²) < 4.78 is 0. The number of aromatic nitrogens is 1. The van der Waals surface area contributed by atoms with Gasteiger partial charge in [-0.05, 0) is 25.1 Å². The molecule has 22 heavy (non-hydrogen) atoms. The number of hydrogen-bond acceptors (Lipinski definition) is 4. The van der Waals surface area contributed by atoms with Crippen LogP contribution in [0, 0.1) is 5.92 Å². The van der Waals surface area contributed by atoms with E-state index in [4.69, 9.17) is 11.6 Å². The van der Waals surface area contributed by atoms with E-state index in [0.29, 0.717) is 29.0 Å². The first-order valence-corrected chi connectivity index (χ1v) is 7.78. The van der Waals surface area contributed by atoms with E-state index in [-0.39, 0.29) is 18.0 Å². The minimum Gasteiger partial charge on any atom is -0.396 e. The molecule has 1 aromatic heterocycles. The van der Waals surface area contributed by atoms with Gasteiger partial charge in [-0.3, -0.25) is 9.69 Å². The molecule has 1 fully saturated rings. The molecule has 0 bridgehead atoms. The highest BCUT2D eigenvalue weighted by molar-refractivity contribution is 6.35. The van der Waals surface area contributed by atoms with E-state index in [1.54, 1.807) is 24.3 Å². The molecule has 2 heterocycles. The number of piperidine rings is 1. The lowest BCUT2D eigenvalue weighted by Gasteiger charge is -2.34. The lowest BCUT2D eigenvalue weighted by molar-refractivity contribution is -0.00476. The van der Waals surface area contributed by atoms with E-state index in [1.807, 2.05) is 0 Å². The Bertz CT molecular complexity index is 731. The number of H-pyrrole nitrogens is 1. The Morgan fingerprint density at radius 3 is 2.95 bits per heavy atom. The van der Waals surface area contributed by atoms with Gasteiger partial charge in [0.2, 0.25) is 0 Å². The third-order valence-corrected chi connectivity index (χ3v) is 4.62. The van der Waals surface area contributed by atoms with Crippen molar-refractivity contribution < 1.29 is 10.2 Å². The molecule has 0 spiro atoms. The van der Waals surface area contributed by atoms with Crippen molar-refractivity contribution in [2.45, 2.75) is 19.1 Å². The van der Waals surface area contributed by atoms with Gasteiger partial charge in [0.25, 0.3) is 0 Å². The third kappa shape index (κ3) is 3.03. The van der Waals surface area contributed by atoms with Crippen LogP contribution in [0.4, 0.5) is 0 Å². The number of β-amino-alcohol motifs (C(OH)–C–C–N with tert-alkyl or cyclic N) is 1. The number of likely N-dealkylation sites (tertiary alicyclic amines) is 1. The smallest absolute Gasteiger partial charge is 0.189 e. The number of fused-ring (bicyclic) bond motifs is 1. The minimum atomic E-state index is -0.533. The Morgan fingerprint density at radius 1 is 1.41 bits per heavy atom. The van der Waals surface area contributed by atoms with Gasteiger partial charge in [0.1, 0.15) is 0 Å². The molecule has 1 saturated heterocycles. The molecule has 2 aromatic rings. The second kappa shape index (κ2) is 6.38. The van der Waals surface area contributed by atoms with Crippen molar-refractivity contribution in [3.8, 4) is 0 Å². The standard InChI is InChI=1S/C16H19ClN2O3/c17-13-3-1-2-12-14(21)6-11(18-16(12)13)7-19-5-4-10(9-20)15(22)8-19/h1-3,6,10,15,20,22H,4-5,7-9H2,(H,18,21)/t10-,15+/m0/s1. The largest absolute Gasteiger partial charge is 0.396 e.